The average molecular weight is 256 g/mol. The van der Waals surface area contributed by atoms with Crippen molar-refractivity contribution in [3.63, 3.8) is 0 Å². The van der Waals surface area contributed by atoms with Crippen LogP contribution in [0, 0.1) is 16.7 Å². The van der Waals surface area contributed by atoms with Crippen molar-refractivity contribution in [1.82, 2.24) is 0 Å². The third-order valence-electron chi connectivity index (χ3n) is 4.95. The first-order chi connectivity index (χ1) is 8.75. The van der Waals surface area contributed by atoms with Gasteiger partial charge >= 0.3 is 5.97 Å². The number of carbonyl (C=O) groups excluding carboxylic acids is 1. The molecular formula is C13H20O5. The Hall–Kier alpha value is -0.650. The fourth-order valence-corrected chi connectivity index (χ4v) is 3.59. The van der Waals surface area contributed by atoms with Gasteiger partial charge in [0.25, 0.3) is 0 Å². The standard InChI is InChI=1S/C13H20O5/c1-15-11(14)13(8-18-9-13)12(6-17-7-12)10-2-4-16-5-3-10/h10H,2-9H2,1H3. The number of methoxy groups -OCH3 is 1. The van der Waals surface area contributed by atoms with Gasteiger partial charge in [0.2, 0.25) is 0 Å². The fourth-order valence-electron chi connectivity index (χ4n) is 3.59. The van der Waals surface area contributed by atoms with Crippen molar-refractivity contribution in [3.05, 3.63) is 0 Å². The second kappa shape index (κ2) is 4.47. The first-order valence-corrected chi connectivity index (χ1v) is 6.57. The highest BCUT2D eigenvalue weighted by atomic mass is 16.6. The summed E-state index contributed by atoms with van der Waals surface area (Å²) in [5, 5.41) is 0. The van der Waals surface area contributed by atoms with E-state index in [0.717, 1.165) is 26.1 Å². The molecule has 0 aromatic rings. The molecular weight excluding hydrogens is 236 g/mol. The van der Waals surface area contributed by atoms with E-state index in [-0.39, 0.29) is 11.4 Å². The van der Waals surface area contributed by atoms with Crippen LogP contribution in [-0.4, -0.2) is 52.7 Å². The van der Waals surface area contributed by atoms with Crippen LogP contribution in [0.25, 0.3) is 0 Å². The molecule has 0 atom stereocenters. The van der Waals surface area contributed by atoms with Crippen LogP contribution < -0.4 is 0 Å². The molecule has 0 N–H and O–H groups in total. The summed E-state index contributed by atoms with van der Waals surface area (Å²) in [5.41, 5.74) is -0.579. The van der Waals surface area contributed by atoms with Crippen LogP contribution in [-0.2, 0) is 23.7 Å². The average Bonchev–Trinajstić information content (AvgIpc) is 2.31. The monoisotopic (exact) mass is 256 g/mol. The number of hydrogen-bond donors (Lipinski definition) is 0. The van der Waals surface area contributed by atoms with Crippen molar-refractivity contribution in [1.29, 1.82) is 0 Å². The number of carbonyl (C=O) groups is 1. The molecule has 0 aromatic heterocycles. The second-order valence-electron chi connectivity index (χ2n) is 5.60. The Morgan fingerprint density at radius 3 is 2.06 bits per heavy atom. The van der Waals surface area contributed by atoms with Crippen molar-refractivity contribution in [3.8, 4) is 0 Å². The van der Waals surface area contributed by atoms with Crippen LogP contribution in [0.15, 0.2) is 0 Å². The van der Waals surface area contributed by atoms with Gasteiger partial charge in [0.1, 0.15) is 5.41 Å². The topological polar surface area (TPSA) is 54.0 Å². The highest BCUT2D eigenvalue weighted by molar-refractivity contribution is 5.79. The summed E-state index contributed by atoms with van der Waals surface area (Å²) in [4.78, 5) is 12.2. The van der Waals surface area contributed by atoms with Gasteiger partial charge in [-0.15, -0.1) is 0 Å². The molecule has 3 fully saturated rings. The van der Waals surface area contributed by atoms with E-state index in [2.05, 4.69) is 0 Å². The van der Waals surface area contributed by atoms with E-state index >= 15 is 0 Å². The number of ether oxygens (including phenoxy) is 4. The number of esters is 1. The van der Waals surface area contributed by atoms with Crippen LogP contribution in [0.5, 0.6) is 0 Å². The molecule has 3 aliphatic rings. The summed E-state index contributed by atoms with van der Waals surface area (Å²) in [6.45, 7) is 3.81. The minimum absolute atomic E-state index is 0.0951. The molecule has 102 valence electrons. The van der Waals surface area contributed by atoms with Gasteiger partial charge in [0, 0.05) is 18.6 Å². The summed E-state index contributed by atoms with van der Waals surface area (Å²) >= 11 is 0. The summed E-state index contributed by atoms with van der Waals surface area (Å²) in [6.07, 6.45) is 2.00. The van der Waals surface area contributed by atoms with Gasteiger partial charge in [-0.05, 0) is 18.8 Å². The van der Waals surface area contributed by atoms with Crippen LogP contribution in [0.1, 0.15) is 12.8 Å². The SMILES string of the molecule is COC(=O)C1(C2(C3CCOCC3)COC2)COC1. The lowest BCUT2D eigenvalue weighted by atomic mass is 9.53. The van der Waals surface area contributed by atoms with E-state index in [1.807, 2.05) is 0 Å². The van der Waals surface area contributed by atoms with E-state index in [4.69, 9.17) is 18.9 Å². The summed E-state index contributed by atoms with van der Waals surface area (Å²) in [6, 6.07) is 0. The van der Waals surface area contributed by atoms with E-state index in [1.54, 1.807) is 0 Å². The molecule has 0 aliphatic carbocycles. The van der Waals surface area contributed by atoms with Crippen molar-refractivity contribution < 1.29 is 23.7 Å². The molecule has 3 aliphatic heterocycles. The fraction of sp³-hybridized carbons (Fsp3) is 0.923. The number of rotatable bonds is 3. The second-order valence-corrected chi connectivity index (χ2v) is 5.60. The lowest BCUT2D eigenvalue weighted by molar-refractivity contribution is -0.291. The van der Waals surface area contributed by atoms with E-state index in [9.17, 15) is 4.79 Å². The van der Waals surface area contributed by atoms with Gasteiger partial charge in [0.05, 0.1) is 33.5 Å². The lowest BCUT2D eigenvalue weighted by Gasteiger charge is -2.60. The minimum atomic E-state index is -0.484. The highest BCUT2D eigenvalue weighted by Gasteiger charge is 2.68. The predicted molar refractivity (Wildman–Crippen MR) is 62.1 cm³/mol. The van der Waals surface area contributed by atoms with Crippen LogP contribution >= 0.6 is 0 Å². The van der Waals surface area contributed by atoms with E-state index in [1.165, 1.54) is 7.11 Å². The maximum atomic E-state index is 12.2. The van der Waals surface area contributed by atoms with Gasteiger partial charge in [-0.25, -0.2) is 0 Å². The maximum Gasteiger partial charge on any atom is 0.317 e. The largest absolute Gasteiger partial charge is 0.468 e. The van der Waals surface area contributed by atoms with E-state index < -0.39 is 5.41 Å². The van der Waals surface area contributed by atoms with Crippen LogP contribution in [0.2, 0.25) is 0 Å². The Morgan fingerprint density at radius 2 is 1.67 bits per heavy atom. The molecule has 0 spiro atoms. The molecule has 18 heavy (non-hydrogen) atoms. The summed E-state index contributed by atoms with van der Waals surface area (Å²) in [7, 11) is 1.46. The summed E-state index contributed by atoms with van der Waals surface area (Å²) in [5.74, 6) is 0.339. The van der Waals surface area contributed by atoms with Gasteiger partial charge in [0.15, 0.2) is 0 Å². The quantitative estimate of drug-likeness (QED) is 0.693. The van der Waals surface area contributed by atoms with Gasteiger partial charge in [-0.2, -0.15) is 0 Å². The normalized spacial score (nSPS) is 30.1. The molecule has 3 heterocycles. The third kappa shape index (κ3) is 1.47. The zero-order valence-corrected chi connectivity index (χ0v) is 10.8. The molecule has 0 unspecified atom stereocenters. The Morgan fingerprint density at radius 1 is 1.06 bits per heavy atom. The summed E-state index contributed by atoms with van der Waals surface area (Å²) < 4.78 is 21.3. The van der Waals surface area contributed by atoms with Crippen molar-refractivity contribution in [2.45, 2.75) is 12.8 Å². The van der Waals surface area contributed by atoms with Gasteiger partial charge in [-0.3, -0.25) is 4.79 Å². The molecule has 0 radical (unpaired) electrons. The first kappa shape index (κ1) is 12.4. The third-order valence-corrected chi connectivity index (χ3v) is 4.95. The maximum absolute atomic E-state index is 12.2. The minimum Gasteiger partial charge on any atom is -0.468 e. The Kier molecular flexibility index (Phi) is 3.08. The first-order valence-electron chi connectivity index (χ1n) is 6.57. The molecule has 0 saturated carbocycles. The molecule has 3 saturated heterocycles. The smallest absolute Gasteiger partial charge is 0.317 e. The molecule has 3 rings (SSSR count). The zero-order chi connectivity index (χ0) is 12.6. The van der Waals surface area contributed by atoms with Crippen molar-refractivity contribution in [2.24, 2.45) is 16.7 Å². The van der Waals surface area contributed by atoms with Crippen LogP contribution in [0.4, 0.5) is 0 Å². The predicted octanol–water partition coefficient (Wildman–Crippen LogP) is 0.619. The highest BCUT2D eigenvalue weighted by Crippen LogP contribution is 2.57. The number of hydrogen-bond acceptors (Lipinski definition) is 5. The molecule has 0 bridgehead atoms. The zero-order valence-electron chi connectivity index (χ0n) is 10.8. The van der Waals surface area contributed by atoms with Crippen molar-refractivity contribution >= 4 is 5.97 Å². The Balaban J connectivity index is 1.87. The molecule has 0 amide bonds. The van der Waals surface area contributed by atoms with Crippen molar-refractivity contribution in [2.75, 3.05) is 46.8 Å². The van der Waals surface area contributed by atoms with E-state index in [0.29, 0.717) is 32.3 Å². The Labute approximate surface area is 107 Å². The molecule has 0 aromatic carbocycles. The molecule has 5 nitrogen and oxygen atoms in total. The molecule has 5 heteroatoms. The van der Waals surface area contributed by atoms with Crippen LogP contribution in [0.3, 0.4) is 0 Å². The Bertz CT molecular complexity index is 326. The lowest BCUT2D eigenvalue weighted by Crippen LogP contribution is -2.70. The van der Waals surface area contributed by atoms with Gasteiger partial charge < -0.3 is 18.9 Å². The van der Waals surface area contributed by atoms with Gasteiger partial charge in [-0.1, -0.05) is 0 Å².